The van der Waals surface area contributed by atoms with E-state index < -0.39 is 0 Å². The lowest BCUT2D eigenvalue weighted by Gasteiger charge is -2.20. The number of hydrogen-bond acceptors (Lipinski definition) is 1. The fraction of sp³-hybridized carbons (Fsp3) is 0.429. The second-order valence-corrected chi connectivity index (χ2v) is 4.90. The smallest absolute Gasteiger partial charge is 0.00966 e. The van der Waals surface area contributed by atoms with Crippen LogP contribution < -0.4 is 5.32 Å². The highest BCUT2D eigenvalue weighted by molar-refractivity contribution is 5.63. The van der Waals surface area contributed by atoms with Crippen LogP contribution in [0.4, 0.5) is 0 Å². The molecule has 0 spiro atoms. The second kappa shape index (κ2) is 5.13. The summed E-state index contributed by atoms with van der Waals surface area (Å²) in [6.07, 6.45) is 1.00. The van der Waals surface area contributed by atoms with Crippen molar-refractivity contribution >= 4 is 5.57 Å². The molecule has 1 N–H and O–H groups in total. The Balaban J connectivity index is 2.38. The average Bonchev–Trinajstić information content (AvgIpc) is 2.17. The molecule has 0 heterocycles. The van der Waals surface area contributed by atoms with E-state index in [0.717, 1.165) is 13.0 Å². The van der Waals surface area contributed by atoms with Gasteiger partial charge in [-0.05, 0) is 44.9 Å². The monoisotopic (exact) mass is 203 g/mol. The van der Waals surface area contributed by atoms with Crippen molar-refractivity contribution < 1.29 is 0 Å². The molecule has 1 aromatic rings. The Labute approximate surface area is 93.2 Å². The maximum Gasteiger partial charge on any atom is 0.00966 e. The fourth-order valence-corrected chi connectivity index (χ4v) is 1.41. The van der Waals surface area contributed by atoms with Gasteiger partial charge in [-0.1, -0.05) is 36.9 Å². The van der Waals surface area contributed by atoms with E-state index in [-0.39, 0.29) is 5.54 Å². The summed E-state index contributed by atoms with van der Waals surface area (Å²) >= 11 is 0. The highest BCUT2D eigenvalue weighted by atomic mass is 14.9. The third kappa shape index (κ3) is 4.80. The van der Waals surface area contributed by atoms with Crippen LogP contribution >= 0.6 is 0 Å². The molecular weight excluding hydrogens is 182 g/mol. The highest BCUT2D eigenvalue weighted by Gasteiger charge is 2.07. The van der Waals surface area contributed by atoms with Crippen molar-refractivity contribution in [1.82, 2.24) is 5.32 Å². The summed E-state index contributed by atoms with van der Waals surface area (Å²) in [5.74, 6) is 0. The lowest BCUT2D eigenvalue weighted by Crippen LogP contribution is -2.36. The molecule has 0 radical (unpaired) electrons. The van der Waals surface area contributed by atoms with Crippen molar-refractivity contribution in [3.05, 3.63) is 42.5 Å². The summed E-state index contributed by atoms with van der Waals surface area (Å²) in [6.45, 7) is 11.6. The van der Waals surface area contributed by atoms with Crippen molar-refractivity contribution in [2.75, 3.05) is 6.54 Å². The van der Waals surface area contributed by atoms with Gasteiger partial charge < -0.3 is 5.32 Å². The molecular formula is C14H21N. The molecule has 0 aromatic heterocycles. The number of nitrogens with one attached hydrogen (secondary N) is 1. The van der Waals surface area contributed by atoms with E-state index in [0.29, 0.717) is 0 Å². The molecule has 0 aliphatic heterocycles. The molecule has 15 heavy (non-hydrogen) atoms. The minimum Gasteiger partial charge on any atom is -0.312 e. The topological polar surface area (TPSA) is 12.0 Å². The third-order valence-electron chi connectivity index (χ3n) is 2.26. The van der Waals surface area contributed by atoms with Crippen LogP contribution in [0.1, 0.15) is 32.8 Å². The van der Waals surface area contributed by atoms with Crippen LogP contribution in [-0.2, 0) is 0 Å². The van der Waals surface area contributed by atoms with Crippen molar-refractivity contribution in [3.63, 3.8) is 0 Å². The first-order chi connectivity index (χ1) is 6.99. The van der Waals surface area contributed by atoms with Gasteiger partial charge in [-0.15, -0.1) is 0 Å². The molecule has 0 aliphatic carbocycles. The molecule has 1 aromatic carbocycles. The van der Waals surface area contributed by atoms with Gasteiger partial charge in [0.05, 0.1) is 0 Å². The first-order valence-electron chi connectivity index (χ1n) is 5.47. The van der Waals surface area contributed by atoms with E-state index >= 15 is 0 Å². The molecule has 0 amide bonds. The molecule has 0 bridgehead atoms. The Morgan fingerprint density at radius 1 is 1.20 bits per heavy atom. The molecule has 1 nitrogen and oxygen atoms in total. The summed E-state index contributed by atoms with van der Waals surface area (Å²) < 4.78 is 0. The van der Waals surface area contributed by atoms with Crippen molar-refractivity contribution in [2.24, 2.45) is 0 Å². The van der Waals surface area contributed by atoms with Gasteiger partial charge in [0.2, 0.25) is 0 Å². The van der Waals surface area contributed by atoms with Crippen LogP contribution in [0.5, 0.6) is 0 Å². The normalized spacial score (nSPS) is 11.4. The van der Waals surface area contributed by atoms with Crippen LogP contribution in [0.15, 0.2) is 36.9 Å². The molecule has 0 fully saturated rings. The summed E-state index contributed by atoms with van der Waals surface area (Å²) in [5, 5.41) is 3.46. The minimum absolute atomic E-state index is 0.191. The molecule has 0 aliphatic rings. The molecule has 0 atom stereocenters. The summed E-state index contributed by atoms with van der Waals surface area (Å²) in [6, 6.07) is 10.4. The van der Waals surface area contributed by atoms with E-state index in [2.05, 4.69) is 56.9 Å². The van der Waals surface area contributed by atoms with Gasteiger partial charge in [0.1, 0.15) is 0 Å². The molecule has 0 saturated carbocycles. The Morgan fingerprint density at radius 2 is 1.80 bits per heavy atom. The van der Waals surface area contributed by atoms with E-state index in [1.165, 1.54) is 11.1 Å². The van der Waals surface area contributed by atoms with Gasteiger partial charge in [-0.25, -0.2) is 0 Å². The summed E-state index contributed by atoms with van der Waals surface area (Å²) in [7, 11) is 0. The van der Waals surface area contributed by atoms with E-state index in [4.69, 9.17) is 0 Å². The van der Waals surface area contributed by atoms with Gasteiger partial charge in [0.15, 0.2) is 0 Å². The van der Waals surface area contributed by atoms with Crippen LogP contribution in [0.3, 0.4) is 0 Å². The molecule has 1 rings (SSSR count). The SMILES string of the molecule is C=C(CCNC(C)(C)C)c1ccccc1. The third-order valence-corrected chi connectivity index (χ3v) is 2.26. The van der Waals surface area contributed by atoms with E-state index in [1.54, 1.807) is 0 Å². The van der Waals surface area contributed by atoms with Crippen LogP contribution in [0.25, 0.3) is 5.57 Å². The van der Waals surface area contributed by atoms with Gasteiger partial charge in [0.25, 0.3) is 0 Å². The minimum atomic E-state index is 0.191. The zero-order valence-electron chi connectivity index (χ0n) is 10.0. The average molecular weight is 203 g/mol. The lowest BCUT2D eigenvalue weighted by atomic mass is 10.0. The van der Waals surface area contributed by atoms with Gasteiger partial charge in [-0.2, -0.15) is 0 Å². The fourth-order valence-electron chi connectivity index (χ4n) is 1.41. The molecule has 0 saturated heterocycles. The maximum atomic E-state index is 4.10. The van der Waals surface area contributed by atoms with E-state index in [1.807, 2.05) is 6.07 Å². The highest BCUT2D eigenvalue weighted by Crippen LogP contribution is 2.14. The van der Waals surface area contributed by atoms with Crippen LogP contribution in [0.2, 0.25) is 0 Å². The number of benzene rings is 1. The van der Waals surface area contributed by atoms with Crippen molar-refractivity contribution in [3.8, 4) is 0 Å². The predicted octanol–water partition coefficient (Wildman–Crippen LogP) is 3.48. The Bertz CT molecular complexity index is 306. The number of rotatable bonds is 4. The van der Waals surface area contributed by atoms with Gasteiger partial charge in [-0.3, -0.25) is 0 Å². The largest absolute Gasteiger partial charge is 0.312 e. The van der Waals surface area contributed by atoms with Gasteiger partial charge in [0, 0.05) is 5.54 Å². The summed E-state index contributed by atoms with van der Waals surface area (Å²) in [5.41, 5.74) is 2.64. The van der Waals surface area contributed by atoms with Crippen molar-refractivity contribution in [1.29, 1.82) is 0 Å². The van der Waals surface area contributed by atoms with Crippen molar-refractivity contribution in [2.45, 2.75) is 32.7 Å². The Hall–Kier alpha value is -1.08. The first kappa shape index (κ1) is 12.0. The molecule has 82 valence electrons. The quantitative estimate of drug-likeness (QED) is 0.790. The lowest BCUT2D eigenvalue weighted by molar-refractivity contribution is 0.432. The molecule has 1 heteroatoms. The van der Waals surface area contributed by atoms with Crippen LogP contribution in [0, 0.1) is 0 Å². The summed E-state index contributed by atoms with van der Waals surface area (Å²) in [4.78, 5) is 0. The standard InChI is InChI=1S/C14H21N/c1-12(10-11-15-14(2,3)4)13-8-6-5-7-9-13/h5-9,15H,1,10-11H2,2-4H3. The van der Waals surface area contributed by atoms with Crippen LogP contribution in [-0.4, -0.2) is 12.1 Å². The van der Waals surface area contributed by atoms with Gasteiger partial charge >= 0.3 is 0 Å². The zero-order valence-corrected chi connectivity index (χ0v) is 10.0. The molecule has 0 unspecified atom stereocenters. The zero-order chi connectivity index (χ0) is 11.3. The maximum absolute atomic E-state index is 4.10. The predicted molar refractivity (Wildman–Crippen MR) is 67.8 cm³/mol. The number of hydrogen-bond donors (Lipinski definition) is 1. The van der Waals surface area contributed by atoms with E-state index in [9.17, 15) is 0 Å². The Morgan fingerprint density at radius 3 is 2.33 bits per heavy atom. The Kier molecular flexibility index (Phi) is 4.10. The second-order valence-electron chi connectivity index (χ2n) is 4.90. The first-order valence-corrected chi connectivity index (χ1v) is 5.47.